The Hall–Kier alpha value is -2.87. The molecule has 0 aliphatic heterocycles. The maximum atomic E-state index is 12.1. The Labute approximate surface area is 131 Å². The maximum Gasteiger partial charge on any atom is 0.339 e. The second kappa shape index (κ2) is 6.09. The van der Waals surface area contributed by atoms with E-state index in [9.17, 15) is 18.0 Å². The van der Waals surface area contributed by atoms with Crippen LogP contribution in [0.5, 0.6) is 5.75 Å². The molecule has 2 rings (SSSR count). The average Bonchev–Trinajstić information content (AvgIpc) is 2.46. The van der Waals surface area contributed by atoms with E-state index in [1.807, 2.05) is 0 Å². The van der Waals surface area contributed by atoms with Crippen LogP contribution in [-0.2, 0) is 10.1 Å². The smallest absolute Gasteiger partial charge is 0.339 e. The van der Waals surface area contributed by atoms with E-state index in [0.29, 0.717) is 0 Å². The van der Waals surface area contributed by atoms with Crippen LogP contribution in [0.3, 0.4) is 0 Å². The van der Waals surface area contributed by atoms with E-state index >= 15 is 0 Å². The van der Waals surface area contributed by atoms with Crippen molar-refractivity contribution in [3.63, 3.8) is 0 Å². The molecule has 0 fully saturated rings. The molecule has 0 aromatic heterocycles. The van der Waals surface area contributed by atoms with Gasteiger partial charge in [0.1, 0.15) is 10.6 Å². The predicted octanol–water partition coefficient (Wildman–Crippen LogP) is 2.16. The zero-order valence-electron chi connectivity index (χ0n) is 11.9. The van der Waals surface area contributed by atoms with Gasteiger partial charge in [0.15, 0.2) is 0 Å². The van der Waals surface area contributed by atoms with Gasteiger partial charge in [-0.2, -0.15) is 8.42 Å². The van der Waals surface area contributed by atoms with Crippen molar-refractivity contribution >= 4 is 22.1 Å². The van der Waals surface area contributed by atoms with Crippen molar-refractivity contribution in [2.45, 2.75) is 11.8 Å². The predicted molar refractivity (Wildman–Crippen MR) is 79.4 cm³/mol. The molecule has 0 aliphatic carbocycles. The first kappa shape index (κ1) is 16.5. The topological polar surface area (TPSA) is 118 Å². The van der Waals surface area contributed by atoms with E-state index in [-0.39, 0.29) is 10.6 Å². The first-order chi connectivity index (χ1) is 10.7. The van der Waals surface area contributed by atoms with Crippen LogP contribution in [0.15, 0.2) is 47.4 Å². The lowest BCUT2D eigenvalue weighted by Crippen LogP contribution is -2.12. The van der Waals surface area contributed by atoms with Gasteiger partial charge in [-0.05, 0) is 37.3 Å². The maximum absolute atomic E-state index is 12.1. The molecular formula is C15H12O7S. The highest BCUT2D eigenvalue weighted by molar-refractivity contribution is 7.87. The van der Waals surface area contributed by atoms with Gasteiger partial charge < -0.3 is 14.4 Å². The van der Waals surface area contributed by atoms with E-state index in [1.165, 1.54) is 12.1 Å². The van der Waals surface area contributed by atoms with E-state index < -0.39 is 33.2 Å². The summed E-state index contributed by atoms with van der Waals surface area (Å²) in [5.74, 6) is -3.22. The van der Waals surface area contributed by atoms with Gasteiger partial charge in [-0.25, -0.2) is 9.59 Å². The molecule has 0 unspecified atom stereocenters. The molecule has 2 aromatic rings. The van der Waals surface area contributed by atoms with Gasteiger partial charge in [0.25, 0.3) is 0 Å². The minimum absolute atomic E-state index is 0.0951. The number of benzene rings is 2. The molecule has 8 heteroatoms. The summed E-state index contributed by atoms with van der Waals surface area (Å²) in [7, 11) is -4.15. The summed E-state index contributed by atoms with van der Waals surface area (Å²) in [6, 6.07) is 8.81. The molecule has 7 nitrogen and oxygen atoms in total. The molecule has 0 atom stereocenters. The molecule has 0 amide bonds. The minimum atomic E-state index is -4.15. The van der Waals surface area contributed by atoms with E-state index in [2.05, 4.69) is 0 Å². The minimum Gasteiger partial charge on any atom is -0.478 e. The van der Waals surface area contributed by atoms with E-state index in [0.717, 1.165) is 23.8 Å². The molecule has 0 heterocycles. The highest BCUT2D eigenvalue weighted by Gasteiger charge is 2.21. The van der Waals surface area contributed by atoms with Gasteiger partial charge in [0.05, 0.1) is 11.1 Å². The van der Waals surface area contributed by atoms with E-state index in [4.69, 9.17) is 14.4 Å². The summed E-state index contributed by atoms with van der Waals surface area (Å²) in [4.78, 5) is 21.9. The lowest BCUT2D eigenvalue weighted by atomic mass is 10.1. The number of aryl methyl sites for hydroxylation is 1. The Bertz CT molecular complexity index is 867. The van der Waals surface area contributed by atoms with Crippen molar-refractivity contribution in [2.24, 2.45) is 0 Å². The van der Waals surface area contributed by atoms with Crippen LogP contribution in [0.4, 0.5) is 0 Å². The van der Waals surface area contributed by atoms with E-state index in [1.54, 1.807) is 19.1 Å². The Balaban J connectivity index is 2.40. The number of hydrogen-bond donors (Lipinski definition) is 2. The molecule has 0 saturated heterocycles. The summed E-state index contributed by atoms with van der Waals surface area (Å²) < 4.78 is 29.1. The first-order valence-corrected chi connectivity index (χ1v) is 7.73. The first-order valence-electron chi connectivity index (χ1n) is 6.32. The highest BCUT2D eigenvalue weighted by atomic mass is 32.2. The van der Waals surface area contributed by atoms with Gasteiger partial charge in [-0.1, -0.05) is 17.7 Å². The van der Waals surface area contributed by atoms with Crippen molar-refractivity contribution in [3.8, 4) is 5.75 Å². The standard InChI is InChI=1S/C15H12O7S/c1-9-2-5-11(6-3-9)23(20,21)22-10-4-7-12(14(16)17)13(8-10)15(18)19/h2-8H,1H3,(H,16,17)(H,18,19). The summed E-state index contributed by atoms with van der Waals surface area (Å²) in [5.41, 5.74) is -0.158. The number of rotatable bonds is 5. The number of carboxylic acid groups (broad SMARTS) is 2. The SMILES string of the molecule is Cc1ccc(S(=O)(=O)Oc2ccc(C(=O)O)c(C(=O)O)c2)cc1. The number of aromatic carboxylic acids is 2. The number of carbonyl (C=O) groups is 2. The van der Waals surface area contributed by atoms with Crippen molar-refractivity contribution in [3.05, 3.63) is 59.2 Å². The van der Waals surface area contributed by atoms with Crippen LogP contribution in [-0.4, -0.2) is 30.6 Å². The summed E-state index contributed by atoms with van der Waals surface area (Å²) >= 11 is 0. The van der Waals surface area contributed by atoms with Gasteiger partial charge in [-0.3, -0.25) is 0 Å². The molecule has 2 N–H and O–H groups in total. The zero-order chi connectivity index (χ0) is 17.2. The van der Waals surface area contributed by atoms with Crippen molar-refractivity contribution in [1.29, 1.82) is 0 Å². The fourth-order valence-corrected chi connectivity index (χ4v) is 2.74. The third-order valence-corrected chi connectivity index (χ3v) is 4.23. The molecule has 0 saturated carbocycles. The monoisotopic (exact) mass is 336 g/mol. The Morgan fingerprint density at radius 1 is 0.913 bits per heavy atom. The average molecular weight is 336 g/mol. The molecule has 0 spiro atoms. The fourth-order valence-electron chi connectivity index (χ4n) is 1.82. The highest BCUT2D eigenvalue weighted by Crippen LogP contribution is 2.22. The molecule has 2 aromatic carbocycles. The number of hydrogen-bond acceptors (Lipinski definition) is 5. The van der Waals surface area contributed by atoms with Crippen LogP contribution in [0, 0.1) is 6.92 Å². The lowest BCUT2D eigenvalue weighted by molar-refractivity contribution is 0.0651. The second-order valence-electron chi connectivity index (χ2n) is 4.67. The zero-order valence-corrected chi connectivity index (χ0v) is 12.7. The Morgan fingerprint density at radius 2 is 1.48 bits per heavy atom. The fraction of sp³-hybridized carbons (Fsp3) is 0.0667. The largest absolute Gasteiger partial charge is 0.478 e. The van der Waals surface area contributed by atoms with Crippen LogP contribution < -0.4 is 4.18 Å². The van der Waals surface area contributed by atoms with Crippen LogP contribution in [0.25, 0.3) is 0 Å². The Kier molecular flexibility index (Phi) is 4.37. The van der Waals surface area contributed by atoms with Crippen molar-refractivity contribution < 1.29 is 32.4 Å². The van der Waals surface area contributed by atoms with Crippen LogP contribution in [0.1, 0.15) is 26.3 Å². The van der Waals surface area contributed by atoms with Gasteiger partial charge in [-0.15, -0.1) is 0 Å². The van der Waals surface area contributed by atoms with Crippen LogP contribution >= 0.6 is 0 Å². The second-order valence-corrected chi connectivity index (χ2v) is 6.21. The normalized spacial score (nSPS) is 11.0. The number of carboxylic acids is 2. The van der Waals surface area contributed by atoms with Crippen molar-refractivity contribution in [1.82, 2.24) is 0 Å². The van der Waals surface area contributed by atoms with Crippen molar-refractivity contribution in [2.75, 3.05) is 0 Å². The van der Waals surface area contributed by atoms with Gasteiger partial charge >= 0.3 is 22.1 Å². The quantitative estimate of drug-likeness (QED) is 0.803. The third-order valence-electron chi connectivity index (χ3n) is 2.97. The molecule has 120 valence electrons. The third kappa shape index (κ3) is 3.67. The van der Waals surface area contributed by atoms with Gasteiger partial charge in [0, 0.05) is 0 Å². The van der Waals surface area contributed by atoms with Crippen LogP contribution in [0.2, 0.25) is 0 Å². The molecule has 23 heavy (non-hydrogen) atoms. The lowest BCUT2D eigenvalue weighted by Gasteiger charge is -2.09. The summed E-state index contributed by atoms with van der Waals surface area (Å²) in [6.45, 7) is 1.79. The summed E-state index contributed by atoms with van der Waals surface area (Å²) in [6.07, 6.45) is 0. The molecule has 0 radical (unpaired) electrons. The molecule has 0 bridgehead atoms. The molecular weight excluding hydrogens is 324 g/mol. The van der Waals surface area contributed by atoms with Gasteiger partial charge in [0.2, 0.25) is 0 Å². The molecule has 0 aliphatic rings. The summed E-state index contributed by atoms with van der Waals surface area (Å²) in [5, 5.41) is 17.9. The Morgan fingerprint density at radius 3 is 2.00 bits per heavy atom.